The van der Waals surface area contributed by atoms with Crippen LogP contribution in [0.2, 0.25) is 0 Å². The molecule has 6 nitrogen and oxygen atoms in total. The largest absolute Gasteiger partial charge is 0.441 e. The van der Waals surface area contributed by atoms with Crippen molar-refractivity contribution < 1.29 is 39.9 Å². The van der Waals surface area contributed by atoms with Crippen molar-refractivity contribution in [3.8, 4) is 0 Å². The van der Waals surface area contributed by atoms with Gasteiger partial charge in [-0.1, -0.05) is 6.92 Å². The molecule has 0 aromatic heterocycles. The predicted molar refractivity (Wildman–Crippen MR) is 106 cm³/mol. The zero-order valence-electron chi connectivity index (χ0n) is 17.2. The molecule has 0 aliphatic carbocycles. The minimum Gasteiger partial charge on any atom is -0.441 e. The highest BCUT2D eigenvalue weighted by Gasteiger charge is 2.34. The lowest BCUT2D eigenvalue weighted by molar-refractivity contribution is 0.107. The quantitative estimate of drug-likeness (QED) is 0.465. The summed E-state index contributed by atoms with van der Waals surface area (Å²) in [7, 11) is -4.63. The molecule has 1 aliphatic heterocycles. The second-order valence-electron chi connectivity index (χ2n) is 7.29. The molecule has 0 bridgehead atoms. The van der Waals surface area contributed by atoms with E-state index in [4.69, 9.17) is 4.74 Å². The second kappa shape index (κ2) is 8.57. The average molecular weight is 478 g/mol. The molecule has 0 spiro atoms. The number of rotatable bonds is 6. The van der Waals surface area contributed by atoms with Gasteiger partial charge in [0, 0.05) is 29.3 Å². The Morgan fingerprint density at radius 1 is 1.06 bits per heavy atom. The topological polar surface area (TPSA) is 75.7 Å². The summed E-state index contributed by atoms with van der Waals surface area (Å²) in [6, 6.07) is 1.99. The third kappa shape index (κ3) is 4.23. The van der Waals surface area contributed by atoms with Gasteiger partial charge in [-0.25, -0.2) is 35.2 Å². The molecule has 174 valence electrons. The summed E-state index contributed by atoms with van der Waals surface area (Å²) in [5, 5.41) is 0. The van der Waals surface area contributed by atoms with E-state index in [0.29, 0.717) is 6.42 Å². The molecule has 0 fully saturated rings. The van der Waals surface area contributed by atoms with Crippen LogP contribution in [-0.2, 0) is 20.5 Å². The summed E-state index contributed by atoms with van der Waals surface area (Å²) < 4.78 is 102. The summed E-state index contributed by atoms with van der Waals surface area (Å²) in [6.07, 6.45) is -1.16. The lowest BCUT2D eigenvalue weighted by atomic mass is 10.0. The molecule has 0 radical (unpaired) electrons. The maximum atomic E-state index is 14.8. The number of cyclic esters (lactones) is 1. The van der Waals surface area contributed by atoms with Gasteiger partial charge in [0.2, 0.25) is 10.0 Å². The van der Waals surface area contributed by atoms with Crippen molar-refractivity contribution in [1.82, 2.24) is 0 Å². The van der Waals surface area contributed by atoms with Crippen LogP contribution in [0, 0.1) is 36.0 Å². The van der Waals surface area contributed by atoms with Crippen LogP contribution in [-0.4, -0.2) is 21.1 Å². The van der Waals surface area contributed by atoms with Gasteiger partial charge in [-0.05, 0) is 26.3 Å². The van der Waals surface area contributed by atoms with Gasteiger partial charge in [-0.2, -0.15) is 0 Å². The van der Waals surface area contributed by atoms with E-state index >= 15 is 0 Å². The fourth-order valence-corrected chi connectivity index (χ4v) is 4.57. The Balaban J connectivity index is 1.97. The maximum Gasteiger partial charge on any atom is 0.414 e. The third-order valence-corrected chi connectivity index (χ3v) is 6.14. The van der Waals surface area contributed by atoms with Gasteiger partial charge < -0.3 is 4.74 Å². The zero-order valence-corrected chi connectivity index (χ0v) is 18.0. The second-order valence-corrected chi connectivity index (χ2v) is 9.02. The summed E-state index contributed by atoms with van der Waals surface area (Å²) in [6.45, 7) is 4.18. The van der Waals surface area contributed by atoms with Crippen molar-refractivity contribution in [2.24, 2.45) is 0 Å². The van der Waals surface area contributed by atoms with Gasteiger partial charge in [-0.3, -0.25) is 9.62 Å². The van der Waals surface area contributed by atoms with Gasteiger partial charge in [-0.15, -0.1) is 0 Å². The number of fused-ring (bicyclic) bond motifs is 1. The van der Waals surface area contributed by atoms with Crippen molar-refractivity contribution in [1.29, 1.82) is 0 Å². The van der Waals surface area contributed by atoms with Crippen molar-refractivity contribution in [2.75, 3.05) is 16.2 Å². The van der Waals surface area contributed by atoms with Gasteiger partial charge in [0.25, 0.3) is 0 Å². The molecule has 1 aliphatic rings. The third-order valence-electron chi connectivity index (χ3n) is 4.93. The van der Waals surface area contributed by atoms with E-state index in [-0.39, 0.29) is 23.5 Å². The zero-order chi connectivity index (χ0) is 24.0. The number of sulfonamides is 1. The van der Waals surface area contributed by atoms with Crippen LogP contribution < -0.4 is 9.62 Å². The molecule has 1 atom stereocenters. The van der Waals surface area contributed by atoms with E-state index in [9.17, 15) is 35.2 Å². The summed E-state index contributed by atoms with van der Waals surface area (Å²) in [5.74, 6) is -9.45. The number of halogens is 5. The number of anilines is 2. The van der Waals surface area contributed by atoms with E-state index in [0.717, 1.165) is 17.9 Å². The smallest absolute Gasteiger partial charge is 0.414 e. The van der Waals surface area contributed by atoms with E-state index in [1.165, 1.54) is 13.0 Å². The molecule has 1 N–H and O–H groups in total. The number of carbonyl (C=O) groups is 1. The number of hydrogen-bond donors (Lipinski definition) is 1. The summed E-state index contributed by atoms with van der Waals surface area (Å²) in [5.41, 5.74) is -2.48. The molecule has 1 heterocycles. The van der Waals surface area contributed by atoms with Crippen LogP contribution in [0.5, 0.6) is 0 Å². The molecule has 2 aromatic rings. The van der Waals surface area contributed by atoms with Crippen molar-refractivity contribution in [3.05, 3.63) is 57.9 Å². The minimum atomic E-state index is -4.63. The first kappa shape index (κ1) is 23.8. The van der Waals surface area contributed by atoms with Gasteiger partial charge in [0.15, 0.2) is 23.3 Å². The highest BCUT2D eigenvalue weighted by Crippen LogP contribution is 2.39. The van der Waals surface area contributed by atoms with Crippen LogP contribution in [0.25, 0.3) is 0 Å². The fraction of sp³-hybridized carbons (Fsp3) is 0.350. The van der Waals surface area contributed by atoms with Crippen LogP contribution in [0.15, 0.2) is 12.1 Å². The first-order valence-electron chi connectivity index (χ1n) is 9.51. The molecule has 3 rings (SSSR count). The Labute approximate surface area is 181 Å². The van der Waals surface area contributed by atoms with Crippen molar-refractivity contribution in [3.63, 3.8) is 0 Å². The SMILES string of the molecule is CCCN1C(=O)OC(C)c2cc(NS(=O)(=O)Cc3c(F)c(F)c(C)c(F)c3F)cc(F)c21. The standard InChI is InChI=1S/C20H19F5N2O4S/c1-4-5-27-19-12(10(3)31-20(27)28)6-11(7-14(19)21)26-32(29,30)8-13-17(24)15(22)9(2)16(23)18(13)25/h6-7,10,26H,4-5,8H2,1-3H3. The molecule has 0 saturated carbocycles. The Morgan fingerprint density at radius 3 is 2.22 bits per heavy atom. The van der Waals surface area contributed by atoms with Gasteiger partial charge >= 0.3 is 6.09 Å². The van der Waals surface area contributed by atoms with Gasteiger partial charge in [0.05, 0.1) is 11.4 Å². The Kier molecular flexibility index (Phi) is 6.36. The monoisotopic (exact) mass is 478 g/mol. The van der Waals surface area contributed by atoms with Crippen molar-refractivity contribution in [2.45, 2.75) is 39.0 Å². The predicted octanol–water partition coefficient (Wildman–Crippen LogP) is 5.06. The lowest BCUT2D eigenvalue weighted by Gasteiger charge is -2.33. The molecule has 12 heteroatoms. The maximum absolute atomic E-state index is 14.8. The number of hydrogen-bond acceptors (Lipinski definition) is 4. The van der Waals surface area contributed by atoms with Crippen LogP contribution in [0.1, 0.15) is 43.1 Å². The fourth-order valence-electron chi connectivity index (χ4n) is 3.39. The van der Waals surface area contributed by atoms with Crippen LogP contribution in [0.4, 0.5) is 38.1 Å². The first-order valence-corrected chi connectivity index (χ1v) is 11.2. The number of nitrogens with one attached hydrogen (secondary N) is 1. The highest BCUT2D eigenvalue weighted by atomic mass is 32.2. The normalized spacial score (nSPS) is 16.1. The van der Waals surface area contributed by atoms with E-state index in [1.54, 1.807) is 6.92 Å². The highest BCUT2D eigenvalue weighted by molar-refractivity contribution is 7.91. The molecule has 1 amide bonds. The molecule has 32 heavy (non-hydrogen) atoms. The molecule has 1 unspecified atom stereocenters. The van der Waals surface area contributed by atoms with E-state index in [1.807, 2.05) is 4.72 Å². The van der Waals surface area contributed by atoms with Crippen LogP contribution >= 0.6 is 0 Å². The Bertz CT molecular complexity index is 1170. The summed E-state index contributed by atoms with van der Waals surface area (Å²) in [4.78, 5) is 13.1. The number of benzene rings is 2. The number of nitrogens with zero attached hydrogens (tertiary/aromatic N) is 1. The van der Waals surface area contributed by atoms with Crippen molar-refractivity contribution >= 4 is 27.5 Å². The number of amides is 1. The minimum absolute atomic E-state index is 0.0710. The van der Waals surface area contributed by atoms with E-state index < -0.39 is 68.2 Å². The number of carbonyl (C=O) groups excluding carboxylic acids is 1. The summed E-state index contributed by atoms with van der Waals surface area (Å²) >= 11 is 0. The van der Waals surface area contributed by atoms with Gasteiger partial charge in [0.1, 0.15) is 17.7 Å². The van der Waals surface area contributed by atoms with Crippen LogP contribution in [0.3, 0.4) is 0 Å². The Hall–Kier alpha value is -2.89. The molecular formula is C20H19F5N2O4S. The lowest BCUT2D eigenvalue weighted by Crippen LogP contribution is -2.38. The molecular weight excluding hydrogens is 459 g/mol. The first-order chi connectivity index (χ1) is 14.9. The molecule has 0 saturated heterocycles. The van der Waals surface area contributed by atoms with E-state index in [2.05, 4.69) is 0 Å². The average Bonchev–Trinajstić information content (AvgIpc) is 2.71. The number of ether oxygens (including phenoxy) is 1. The molecule has 2 aromatic carbocycles. The Morgan fingerprint density at radius 2 is 1.66 bits per heavy atom.